The topological polar surface area (TPSA) is 155 Å². The number of nitrogens with one attached hydrogen (secondary N) is 2. The molecule has 1 atom stereocenters. The first-order valence-corrected chi connectivity index (χ1v) is 7.05. The van der Waals surface area contributed by atoms with Gasteiger partial charge in [0.05, 0.1) is 5.56 Å². The minimum absolute atomic E-state index is 0.0301. The summed E-state index contributed by atoms with van der Waals surface area (Å²) in [5.41, 5.74) is 0.886. The van der Waals surface area contributed by atoms with Crippen LogP contribution >= 0.6 is 0 Å². The highest BCUT2D eigenvalue weighted by atomic mass is 16.6. The van der Waals surface area contributed by atoms with Gasteiger partial charge < -0.3 is 31.0 Å². The van der Waals surface area contributed by atoms with E-state index in [0.717, 1.165) is 0 Å². The maximum absolute atomic E-state index is 11.4. The summed E-state index contributed by atoms with van der Waals surface area (Å²) in [5.74, 6) is -0.448. The first-order valence-electron chi connectivity index (χ1n) is 7.05. The van der Waals surface area contributed by atoms with E-state index in [1.165, 1.54) is 12.1 Å². The molecule has 2 amide bonds. The van der Waals surface area contributed by atoms with Crippen LogP contribution in [0, 0.1) is 10.1 Å². The second kappa shape index (κ2) is 7.73. The molecule has 130 valence electrons. The van der Waals surface area contributed by atoms with Gasteiger partial charge in [-0.15, -0.1) is 0 Å². The van der Waals surface area contributed by atoms with Crippen molar-refractivity contribution in [3.8, 4) is 11.1 Å². The monoisotopic (exact) mass is 346 g/mol. The van der Waals surface area contributed by atoms with Crippen molar-refractivity contribution in [1.82, 2.24) is 15.6 Å². The number of amides is 2. The third-order valence-corrected chi connectivity index (χ3v) is 3.27. The fourth-order valence-electron chi connectivity index (χ4n) is 2.21. The Morgan fingerprint density at radius 1 is 1.12 bits per heavy atom. The quantitative estimate of drug-likeness (QED) is 0.461. The highest BCUT2D eigenvalue weighted by Gasteiger charge is 2.25. The molecular weight excluding hydrogens is 332 g/mol. The average molecular weight is 346 g/mol. The van der Waals surface area contributed by atoms with Crippen LogP contribution in [0.2, 0.25) is 0 Å². The van der Waals surface area contributed by atoms with E-state index in [-0.39, 0.29) is 17.8 Å². The predicted octanol–water partition coefficient (Wildman–Crippen LogP) is 2.23. The summed E-state index contributed by atoms with van der Waals surface area (Å²) in [7, 11) is 0. The van der Waals surface area contributed by atoms with Gasteiger partial charge in [-0.25, -0.2) is 9.59 Å². The number of hydrogen-bond acceptors (Lipinski definition) is 5. The van der Waals surface area contributed by atoms with Crippen LogP contribution in [-0.4, -0.2) is 38.9 Å². The van der Waals surface area contributed by atoms with Gasteiger partial charge in [0.15, 0.2) is 5.69 Å². The molecule has 4 N–H and O–H groups in total. The van der Waals surface area contributed by atoms with E-state index in [0.29, 0.717) is 5.56 Å². The van der Waals surface area contributed by atoms with Crippen molar-refractivity contribution in [3.05, 3.63) is 58.3 Å². The van der Waals surface area contributed by atoms with E-state index in [4.69, 9.17) is 10.2 Å². The molecule has 0 bridgehead atoms. The van der Waals surface area contributed by atoms with Crippen molar-refractivity contribution in [2.75, 3.05) is 6.54 Å². The standard InChI is InChI=1S/C15H14N4O6/c20-14(21)16-8-12(18-15(22)23)11-7-6-10(13(17-11)19(24)25)9-4-2-1-3-5-9/h1-7,12,16,18H,8H2,(H,20,21)(H,22,23). The van der Waals surface area contributed by atoms with E-state index in [1.54, 1.807) is 30.3 Å². The van der Waals surface area contributed by atoms with Crippen LogP contribution in [0.15, 0.2) is 42.5 Å². The number of hydrogen-bond donors (Lipinski definition) is 4. The Kier molecular flexibility index (Phi) is 5.46. The molecule has 0 aliphatic carbocycles. The Bertz CT molecular complexity index is 796. The molecule has 25 heavy (non-hydrogen) atoms. The second-order valence-electron chi connectivity index (χ2n) is 4.92. The van der Waals surface area contributed by atoms with E-state index < -0.39 is 29.0 Å². The lowest BCUT2D eigenvalue weighted by Crippen LogP contribution is -2.37. The fraction of sp³-hybridized carbons (Fsp3) is 0.133. The summed E-state index contributed by atoms with van der Waals surface area (Å²) in [5, 5.41) is 33.0. The maximum Gasteiger partial charge on any atom is 0.405 e. The normalized spacial score (nSPS) is 11.4. The van der Waals surface area contributed by atoms with Crippen molar-refractivity contribution in [2.45, 2.75) is 6.04 Å². The molecule has 0 aliphatic heterocycles. The maximum atomic E-state index is 11.4. The summed E-state index contributed by atoms with van der Waals surface area (Å²) < 4.78 is 0. The largest absolute Gasteiger partial charge is 0.465 e. The minimum atomic E-state index is -1.41. The Morgan fingerprint density at radius 3 is 2.36 bits per heavy atom. The van der Waals surface area contributed by atoms with Crippen LogP contribution in [0.4, 0.5) is 15.4 Å². The molecule has 0 saturated heterocycles. The van der Waals surface area contributed by atoms with Gasteiger partial charge in [0, 0.05) is 6.54 Å². The first-order chi connectivity index (χ1) is 11.9. The van der Waals surface area contributed by atoms with Crippen molar-refractivity contribution < 1.29 is 24.7 Å². The van der Waals surface area contributed by atoms with Crippen LogP contribution in [0.25, 0.3) is 11.1 Å². The van der Waals surface area contributed by atoms with Crippen molar-refractivity contribution >= 4 is 18.0 Å². The van der Waals surface area contributed by atoms with Gasteiger partial charge in [0.25, 0.3) is 0 Å². The summed E-state index contributed by atoms with van der Waals surface area (Å²) in [6, 6.07) is 10.4. The third-order valence-electron chi connectivity index (χ3n) is 3.27. The van der Waals surface area contributed by atoms with E-state index in [9.17, 15) is 19.7 Å². The van der Waals surface area contributed by atoms with E-state index >= 15 is 0 Å². The number of benzene rings is 1. The average Bonchev–Trinajstić information content (AvgIpc) is 2.58. The molecule has 0 aliphatic rings. The number of nitrogens with zero attached hydrogens (tertiary/aromatic N) is 2. The molecule has 2 aromatic rings. The first kappa shape index (κ1) is 17.7. The van der Waals surface area contributed by atoms with Gasteiger partial charge in [-0.1, -0.05) is 30.3 Å². The highest BCUT2D eigenvalue weighted by molar-refractivity contribution is 5.71. The smallest absolute Gasteiger partial charge is 0.405 e. The molecule has 1 heterocycles. The lowest BCUT2D eigenvalue weighted by atomic mass is 10.0. The van der Waals surface area contributed by atoms with Crippen molar-refractivity contribution in [3.63, 3.8) is 0 Å². The predicted molar refractivity (Wildman–Crippen MR) is 86.3 cm³/mol. The Morgan fingerprint density at radius 2 is 1.80 bits per heavy atom. The molecule has 0 radical (unpaired) electrons. The van der Waals surface area contributed by atoms with Crippen molar-refractivity contribution in [1.29, 1.82) is 0 Å². The van der Waals surface area contributed by atoms with Gasteiger partial charge >= 0.3 is 18.0 Å². The lowest BCUT2D eigenvalue weighted by molar-refractivity contribution is -0.388. The van der Waals surface area contributed by atoms with E-state index in [2.05, 4.69) is 10.3 Å². The Balaban J connectivity index is 2.43. The van der Waals surface area contributed by atoms with Gasteiger partial charge in [-0.3, -0.25) is 0 Å². The molecule has 10 nitrogen and oxygen atoms in total. The molecule has 0 saturated carbocycles. The van der Waals surface area contributed by atoms with Crippen LogP contribution < -0.4 is 10.6 Å². The number of rotatable bonds is 6. The molecular formula is C15H14N4O6. The highest BCUT2D eigenvalue weighted by Crippen LogP contribution is 2.29. The molecule has 1 aromatic heterocycles. The van der Waals surface area contributed by atoms with Gasteiger partial charge in [0.2, 0.25) is 0 Å². The fourth-order valence-corrected chi connectivity index (χ4v) is 2.21. The second-order valence-corrected chi connectivity index (χ2v) is 4.92. The summed E-state index contributed by atoms with van der Waals surface area (Å²) in [4.78, 5) is 36.1. The molecule has 1 aromatic carbocycles. The SMILES string of the molecule is O=C(O)NCC(NC(=O)O)c1ccc(-c2ccccc2)c([N+](=O)[O-])n1. The Labute approximate surface area is 141 Å². The van der Waals surface area contributed by atoms with Crippen molar-refractivity contribution in [2.24, 2.45) is 0 Å². The molecule has 0 fully saturated rings. The number of carboxylic acid groups (broad SMARTS) is 2. The van der Waals surface area contributed by atoms with Crippen LogP contribution in [0.3, 0.4) is 0 Å². The Hall–Kier alpha value is -3.69. The van der Waals surface area contributed by atoms with Gasteiger partial charge in [0.1, 0.15) is 6.04 Å². The van der Waals surface area contributed by atoms with Gasteiger partial charge in [-0.2, -0.15) is 0 Å². The number of aromatic nitrogens is 1. The summed E-state index contributed by atoms with van der Waals surface area (Å²) >= 11 is 0. The summed E-state index contributed by atoms with van der Waals surface area (Å²) in [6.45, 7) is -0.323. The van der Waals surface area contributed by atoms with Crippen LogP contribution in [0.1, 0.15) is 11.7 Å². The number of nitro groups is 1. The molecule has 10 heteroatoms. The third kappa shape index (κ3) is 4.64. The van der Waals surface area contributed by atoms with E-state index in [1.807, 2.05) is 5.32 Å². The lowest BCUT2D eigenvalue weighted by Gasteiger charge is -2.14. The van der Waals surface area contributed by atoms with Gasteiger partial charge in [-0.05, 0) is 27.6 Å². The zero-order valence-electron chi connectivity index (χ0n) is 12.7. The number of pyridine rings is 1. The molecule has 2 rings (SSSR count). The molecule has 0 spiro atoms. The van der Waals surface area contributed by atoms with Crippen LogP contribution in [0.5, 0.6) is 0 Å². The number of carbonyl (C=O) groups is 2. The zero-order chi connectivity index (χ0) is 18.4. The van der Waals surface area contributed by atoms with Crippen LogP contribution in [-0.2, 0) is 0 Å². The minimum Gasteiger partial charge on any atom is -0.465 e. The zero-order valence-corrected chi connectivity index (χ0v) is 12.7. The molecule has 1 unspecified atom stereocenters. The summed E-state index contributed by atoms with van der Waals surface area (Å²) in [6.07, 6.45) is -2.76.